The maximum absolute atomic E-state index is 11.7. The number of hydrogen-bond donors (Lipinski definition) is 0. The highest BCUT2D eigenvalue weighted by Crippen LogP contribution is 2.13. The zero-order chi connectivity index (χ0) is 16.8. The molecule has 0 aliphatic rings. The van der Waals surface area contributed by atoms with Gasteiger partial charge in [0.25, 0.3) is 0 Å². The predicted octanol–water partition coefficient (Wildman–Crippen LogP) is 4.44. The molecule has 0 amide bonds. The summed E-state index contributed by atoms with van der Waals surface area (Å²) in [6, 6.07) is 17.0. The average Bonchev–Trinajstić information content (AvgIpc) is 2.60. The molecule has 2 aromatic rings. The van der Waals surface area contributed by atoms with Crippen LogP contribution < -0.4 is 4.18 Å². The van der Waals surface area contributed by atoms with Gasteiger partial charge in [0.15, 0.2) is 0 Å². The molecule has 2 atom stereocenters. The Morgan fingerprint density at radius 1 is 0.727 bits per heavy atom. The lowest BCUT2D eigenvalue weighted by atomic mass is 10.3. The van der Waals surface area contributed by atoms with Gasteiger partial charge >= 0.3 is 11.4 Å². The van der Waals surface area contributed by atoms with Gasteiger partial charge in [0.1, 0.15) is 5.75 Å². The highest BCUT2D eigenvalue weighted by atomic mass is 32.3. The van der Waals surface area contributed by atoms with E-state index in [9.17, 15) is 8.42 Å². The highest BCUT2D eigenvalue weighted by Gasteiger charge is 2.11. The van der Waals surface area contributed by atoms with Crippen molar-refractivity contribution >= 4 is 22.4 Å². The quantitative estimate of drug-likeness (QED) is 0.806. The molecule has 0 saturated heterocycles. The summed E-state index contributed by atoms with van der Waals surface area (Å²) in [6.07, 6.45) is 0. The van der Waals surface area contributed by atoms with Crippen molar-refractivity contribution < 1.29 is 16.2 Å². The smallest absolute Gasteiger partial charge is 0.374 e. The molecule has 122 valence electrons. The fourth-order valence-corrected chi connectivity index (χ4v) is 2.67. The summed E-state index contributed by atoms with van der Waals surface area (Å²) in [4.78, 5) is 0.433. The maximum Gasteiger partial charge on any atom is 0.374 e. The molecule has 0 spiro atoms. The third kappa shape index (κ3) is 8.07. The minimum absolute atomic E-state index is 0.390. The summed E-state index contributed by atoms with van der Waals surface area (Å²) in [5.41, 5.74) is 0. The zero-order valence-electron chi connectivity index (χ0n) is 13.2. The van der Waals surface area contributed by atoms with E-state index >= 15 is 0 Å². The van der Waals surface area contributed by atoms with E-state index < -0.39 is 22.4 Å². The summed E-state index contributed by atoms with van der Waals surface area (Å²) in [6.45, 7) is 8.00. The second-order valence-electron chi connectivity index (χ2n) is 3.22. The van der Waals surface area contributed by atoms with Crippen molar-refractivity contribution in [3.8, 4) is 5.75 Å². The fourth-order valence-electron chi connectivity index (χ4n) is 1.19. The van der Waals surface area contributed by atoms with Crippen molar-refractivity contribution in [2.45, 2.75) is 32.6 Å². The fraction of sp³-hybridized carbons (Fsp3) is 0.250. The molecule has 0 heterocycles. The minimum atomic E-state index is -2.10. The van der Waals surface area contributed by atoms with E-state index in [1.54, 1.807) is 60.7 Å². The normalized spacial score (nSPS) is 11.8. The van der Waals surface area contributed by atoms with Crippen LogP contribution in [-0.4, -0.2) is 8.42 Å². The Morgan fingerprint density at radius 3 is 1.68 bits per heavy atom. The topological polar surface area (TPSA) is 52.6 Å². The zero-order valence-corrected chi connectivity index (χ0v) is 14.9. The largest absolute Gasteiger partial charge is 0.379 e. The average molecular weight is 342 g/mol. The Morgan fingerprint density at radius 2 is 1.18 bits per heavy atom. The predicted molar refractivity (Wildman–Crippen MR) is 91.8 cm³/mol. The first-order valence-electron chi connectivity index (χ1n) is 7.06. The van der Waals surface area contributed by atoms with E-state index in [0.29, 0.717) is 10.6 Å². The van der Waals surface area contributed by atoms with Gasteiger partial charge in [-0.2, -0.15) is 7.84 Å². The molecule has 0 aromatic heterocycles. The van der Waals surface area contributed by atoms with Gasteiger partial charge in [-0.25, -0.2) is 4.21 Å². The van der Waals surface area contributed by atoms with E-state index in [2.05, 4.69) is 0 Å². The molecular weight excluding hydrogens is 320 g/mol. The van der Waals surface area contributed by atoms with Crippen molar-refractivity contribution in [2.75, 3.05) is 0 Å². The molecule has 0 aliphatic carbocycles. The highest BCUT2D eigenvalue weighted by molar-refractivity contribution is 7.91. The summed E-state index contributed by atoms with van der Waals surface area (Å²) in [5.74, 6) is 0.390. The molecule has 4 nitrogen and oxygen atoms in total. The van der Waals surface area contributed by atoms with Gasteiger partial charge in [0, 0.05) is 0 Å². The summed E-state index contributed by atoms with van der Waals surface area (Å²) < 4.78 is 32.9. The van der Waals surface area contributed by atoms with E-state index in [1.807, 2.05) is 27.7 Å². The van der Waals surface area contributed by atoms with Gasteiger partial charge in [0.2, 0.25) is 11.1 Å². The lowest BCUT2D eigenvalue weighted by molar-refractivity contribution is 0.473. The Labute approximate surface area is 138 Å². The van der Waals surface area contributed by atoms with Crippen LogP contribution in [0.15, 0.2) is 65.6 Å². The summed E-state index contributed by atoms with van der Waals surface area (Å²) in [7, 11) is 0. The molecule has 0 bridgehead atoms. The molecule has 6 heteroatoms. The number of hydrogen-bond acceptors (Lipinski definition) is 4. The Balaban J connectivity index is 0.00000102. The number of benzene rings is 2. The monoisotopic (exact) mass is 342 g/mol. The van der Waals surface area contributed by atoms with Crippen molar-refractivity contribution in [3.63, 3.8) is 0 Å². The molecular formula is C16H22O4S2. The lowest BCUT2D eigenvalue weighted by Crippen LogP contribution is -2.07. The van der Waals surface area contributed by atoms with Crippen LogP contribution in [0.25, 0.3) is 0 Å². The number of rotatable bonds is 5. The van der Waals surface area contributed by atoms with Crippen molar-refractivity contribution in [1.29, 1.82) is 0 Å². The summed E-state index contributed by atoms with van der Waals surface area (Å²) >= 11 is -3.91. The van der Waals surface area contributed by atoms with E-state index in [-0.39, 0.29) is 0 Å². The van der Waals surface area contributed by atoms with Gasteiger partial charge in [-0.1, -0.05) is 64.1 Å². The van der Waals surface area contributed by atoms with Crippen LogP contribution in [0.3, 0.4) is 0 Å². The molecule has 0 saturated carbocycles. The minimum Gasteiger partial charge on any atom is -0.379 e. The SMILES string of the molecule is CC.CC.O=S(Oc1ccccc1)OS(=O)c1ccccc1. The molecule has 22 heavy (non-hydrogen) atoms. The van der Waals surface area contributed by atoms with Crippen LogP contribution in [0.2, 0.25) is 0 Å². The molecule has 0 radical (unpaired) electrons. The second kappa shape index (κ2) is 13.2. The molecule has 2 aromatic carbocycles. The molecule has 2 unspecified atom stereocenters. The van der Waals surface area contributed by atoms with Crippen LogP contribution in [0, 0.1) is 0 Å². The third-order valence-corrected chi connectivity index (χ3v) is 3.88. The van der Waals surface area contributed by atoms with Crippen molar-refractivity contribution in [2.24, 2.45) is 0 Å². The standard InChI is InChI=1S/C12H10O4S2.2C2H6/c13-17(12-9-5-2-6-10-12)16-18(14)15-11-7-3-1-4-8-11;2*1-2/h1-10H;2*1-2H3. The van der Waals surface area contributed by atoms with Gasteiger partial charge in [0.05, 0.1) is 4.90 Å². The van der Waals surface area contributed by atoms with E-state index in [4.69, 9.17) is 7.81 Å². The maximum atomic E-state index is 11.7. The lowest BCUT2D eigenvalue weighted by Gasteiger charge is -2.03. The van der Waals surface area contributed by atoms with Crippen LogP contribution in [0.5, 0.6) is 5.75 Å². The summed E-state index contributed by atoms with van der Waals surface area (Å²) in [5, 5.41) is 0. The Kier molecular flexibility index (Phi) is 12.3. The Bertz CT molecular complexity index is 545. The second-order valence-corrected chi connectivity index (χ2v) is 5.28. The van der Waals surface area contributed by atoms with E-state index in [0.717, 1.165) is 0 Å². The van der Waals surface area contributed by atoms with Crippen molar-refractivity contribution in [1.82, 2.24) is 0 Å². The van der Waals surface area contributed by atoms with Gasteiger partial charge in [-0.3, -0.25) is 0 Å². The number of para-hydroxylation sites is 1. The molecule has 2 rings (SSSR count). The van der Waals surface area contributed by atoms with Crippen molar-refractivity contribution in [3.05, 3.63) is 60.7 Å². The first-order chi connectivity index (χ1) is 10.8. The first-order valence-corrected chi connectivity index (χ1v) is 9.14. The molecule has 0 aliphatic heterocycles. The van der Waals surface area contributed by atoms with Gasteiger partial charge < -0.3 is 4.18 Å². The van der Waals surface area contributed by atoms with Gasteiger partial charge in [-0.15, -0.1) is 0 Å². The molecule has 0 fully saturated rings. The van der Waals surface area contributed by atoms with Crippen LogP contribution in [-0.2, 0) is 26.1 Å². The van der Waals surface area contributed by atoms with Crippen LogP contribution in [0.4, 0.5) is 0 Å². The van der Waals surface area contributed by atoms with E-state index in [1.165, 1.54) is 0 Å². The first kappa shape index (κ1) is 20.5. The third-order valence-electron chi connectivity index (χ3n) is 1.96. The molecule has 0 N–H and O–H groups in total. The Hall–Kier alpha value is -1.50. The van der Waals surface area contributed by atoms with Crippen LogP contribution >= 0.6 is 0 Å². The van der Waals surface area contributed by atoms with Crippen LogP contribution in [0.1, 0.15) is 27.7 Å². The van der Waals surface area contributed by atoms with Gasteiger partial charge in [-0.05, 0) is 24.3 Å².